The first-order chi connectivity index (χ1) is 7.18. The van der Waals surface area contributed by atoms with Crippen LogP contribution in [0.4, 0.5) is 5.13 Å². The van der Waals surface area contributed by atoms with Crippen LogP contribution in [0.1, 0.15) is 19.3 Å². The number of piperidine rings is 1. The number of rotatable bonds is 2. The molecule has 2 heterocycles. The molecule has 6 heteroatoms. The van der Waals surface area contributed by atoms with E-state index in [1.165, 1.54) is 11.3 Å². The Labute approximate surface area is 96.5 Å². The quantitative estimate of drug-likeness (QED) is 0.870. The van der Waals surface area contributed by atoms with Crippen LogP contribution in [0.3, 0.4) is 0 Å². The Bertz CT molecular complexity index is 369. The Balaban J connectivity index is 2.21. The molecule has 0 aromatic carbocycles. The van der Waals surface area contributed by atoms with Crippen LogP contribution >= 0.6 is 22.9 Å². The summed E-state index contributed by atoms with van der Waals surface area (Å²) in [5, 5.41) is 12.0. The zero-order chi connectivity index (χ0) is 10.8. The molecule has 1 aliphatic heterocycles. The highest BCUT2D eigenvalue weighted by molar-refractivity contribution is 7.14. The van der Waals surface area contributed by atoms with Gasteiger partial charge < -0.3 is 10.0 Å². The summed E-state index contributed by atoms with van der Waals surface area (Å²) in [5.41, 5.74) is 0. The number of halogens is 1. The molecule has 15 heavy (non-hydrogen) atoms. The fourth-order valence-corrected chi connectivity index (χ4v) is 2.82. The summed E-state index contributed by atoms with van der Waals surface area (Å²) in [6.45, 7) is 0.751. The SMILES string of the molecule is O=C(O)C1CCCCN1c1nc(Cl)cs1. The van der Waals surface area contributed by atoms with Crippen molar-refractivity contribution in [2.45, 2.75) is 25.3 Å². The number of hydrogen-bond acceptors (Lipinski definition) is 4. The summed E-state index contributed by atoms with van der Waals surface area (Å²) in [5.74, 6) is -0.777. The van der Waals surface area contributed by atoms with E-state index in [4.69, 9.17) is 16.7 Å². The van der Waals surface area contributed by atoms with E-state index in [9.17, 15) is 4.79 Å². The molecule has 82 valence electrons. The highest BCUT2D eigenvalue weighted by Gasteiger charge is 2.30. The molecule has 4 nitrogen and oxygen atoms in total. The first-order valence-corrected chi connectivity index (χ1v) is 6.05. The minimum atomic E-state index is -0.777. The number of carbonyl (C=O) groups is 1. The summed E-state index contributed by atoms with van der Waals surface area (Å²) in [6.07, 6.45) is 2.67. The van der Waals surface area contributed by atoms with Crippen molar-refractivity contribution >= 4 is 34.0 Å². The fraction of sp³-hybridized carbons (Fsp3) is 0.556. The van der Waals surface area contributed by atoms with Crippen molar-refractivity contribution in [3.05, 3.63) is 10.5 Å². The van der Waals surface area contributed by atoms with Gasteiger partial charge in [-0.2, -0.15) is 0 Å². The molecule has 1 aromatic heterocycles. The second-order valence-electron chi connectivity index (χ2n) is 3.50. The summed E-state index contributed by atoms with van der Waals surface area (Å²) in [7, 11) is 0. The molecule has 0 radical (unpaired) electrons. The second kappa shape index (κ2) is 4.37. The van der Waals surface area contributed by atoms with Crippen LogP contribution in [-0.4, -0.2) is 28.6 Å². The maximum atomic E-state index is 11.0. The van der Waals surface area contributed by atoms with Crippen molar-refractivity contribution in [1.82, 2.24) is 4.98 Å². The molecule has 1 aromatic rings. The molecular formula is C9H11ClN2O2S. The highest BCUT2D eigenvalue weighted by Crippen LogP contribution is 2.29. The van der Waals surface area contributed by atoms with Gasteiger partial charge in [-0.15, -0.1) is 11.3 Å². The number of anilines is 1. The fourth-order valence-electron chi connectivity index (χ4n) is 1.79. The molecular weight excluding hydrogens is 236 g/mol. The van der Waals surface area contributed by atoms with Gasteiger partial charge >= 0.3 is 5.97 Å². The van der Waals surface area contributed by atoms with Gasteiger partial charge in [0.25, 0.3) is 0 Å². The lowest BCUT2D eigenvalue weighted by atomic mass is 10.0. The molecule has 0 bridgehead atoms. The van der Waals surface area contributed by atoms with Crippen LogP contribution in [-0.2, 0) is 4.79 Å². The van der Waals surface area contributed by atoms with Crippen LogP contribution in [0.25, 0.3) is 0 Å². The van der Waals surface area contributed by atoms with E-state index in [1.54, 1.807) is 5.38 Å². The number of carboxylic acid groups (broad SMARTS) is 1. The van der Waals surface area contributed by atoms with Gasteiger partial charge in [-0.1, -0.05) is 11.6 Å². The molecule has 1 unspecified atom stereocenters. The number of aliphatic carboxylic acids is 1. The number of carboxylic acids is 1. The maximum absolute atomic E-state index is 11.0. The lowest BCUT2D eigenvalue weighted by Gasteiger charge is -2.32. The Hall–Kier alpha value is -0.810. The van der Waals surface area contributed by atoms with Crippen molar-refractivity contribution < 1.29 is 9.90 Å². The molecule has 0 amide bonds. The molecule has 1 N–H and O–H groups in total. The monoisotopic (exact) mass is 246 g/mol. The maximum Gasteiger partial charge on any atom is 0.326 e. The van der Waals surface area contributed by atoms with E-state index < -0.39 is 12.0 Å². The summed E-state index contributed by atoms with van der Waals surface area (Å²) in [6, 6.07) is -0.444. The smallest absolute Gasteiger partial charge is 0.326 e. The Kier molecular flexibility index (Phi) is 3.11. The van der Waals surface area contributed by atoms with E-state index in [0.717, 1.165) is 19.4 Å². The lowest BCUT2D eigenvalue weighted by Crippen LogP contribution is -2.44. The average Bonchev–Trinajstić information content (AvgIpc) is 2.65. The van der Waals surface area contributed by atoms with E-state index >= 15 is 0 Å². The van der Waals surface area contributed by atoms with Gasteiger partial charge in [-0.05, 0) is 19.3 Å². The normalized spacial score (nSPS) is 21.7. The van der Waals surface area contributed by atoms with Crippen molar-refractivity contribution in [2.24, 2.45) is 0 Å². The van der Waals surface area contributed by atoms with E-state index in [-0.39, 0.29) is 0 Å². The molecule has 0 saturated carbocycles. The van der Waals surface area contributed by atoms with E-state index in [2.05, 4.69) is 4.98 Å². The summed E-state index contributed by atoms with van der Waals surface area (Å²) in [4.78, 5) is 17.0. The Morgan fingerprint density at radius 2 is 2.47 bits per heavy atom. The van der Waals surface area contributed by atoms with Crippen molar-refractivity contribution in [3.63, 3.8) is 0 Å². The molecule has 1 fully saturated rings. The van der Waals surface area contributed by atoms with Gasteiger partial charge in [0.2, 0.25) is 0 Å². The third kappa shape index (κ3) is 2.23. The van der Waals surface area contributed by atoms with Crippen LogP contribution in [0, 0.1) is 0 Å². The predicted octanol–water partition coefficient (Wildman–Crippen LogP) is 2.24. The minimum Gasteiger partial charge on any atom is -0.480 e. The van der Waals surface area contributed by atoms with Gasteiger partial charge in [0.05, 0.1) is 0 Å². The zero-order valence-electron chi connectivity index (χ0n) is 8.02. The Morgan fingerprint density at radius 3 is 3.07 bits per heavy atom. The Morgan fingerprint density at radius 1 is 1.67 bits per heavy atom. The third-order valence-corrected chi connectivity index (χ3v) is 3.70. The second-order valence-corrected chi connectivity index (χ2v) is 4.72. The predicted molar refractivity (Wildman–Crippen MR) is 59.7 cm³/mol. The molecule has 1 atom stereocenters. The first-order valence-electron chi connectivity index (χ1n) is 4.79. The average molecular weight is 247 g/mol. The summed E-state index contributed by atoms with van der Waals surface area (Å²) < 4.78 is 0. The summed E-state index contributed by atoms with van der Waals surface area (Å²) >= 11 is 7.13. The number of hydrogen-bond donors (Lipinski definition) is 1. The standard InChI is InChI=1S/C9H11ClN2O2S/c10-7-5-15-9(11-7)12-4-2-1-3-6(12)8(13)14/h5-6H,1-4H2,(H,13,14). The molecule has 1 saturated heterocycles. The van der Waals surface area contributed by atoms with Crippen LogP contribution in [0.2, 0.25) is 5.15 Å². The van der Waals surface area contributed by atoms with Crippen molar-refractivity contribution in [2.75, 3.05) is 11.4 Å². The van der Waals surface area contributed by atoms with Crippen LogP contribution in [0.15, 0.2) is 5.38 Å². The largest absolute Gasteiger partial charge is 0.480 e. The number of aromatic nitrogens is 1. The minimum absolute atomic E-state index is 0.435. The number of nitrogens with zero attached hydrogens (tertiary/aromatic N) is 2. The van der Waals surface area contributed by atoms with E-state index in [0.29, 0.717) is 16.7 Å². The number of thiazole rings is 1. The van der Waals surface area contributed by atoms with Crippen LogP contribution in [0.5, 0.6) is 0 Å². The first kappa shape index (κ1) is 10.7. The highest BCUT2D eigenvalue weighted by atomic mass is 35.5. The van der Waals surface area contributed by atoms with Gasteiger partial charge in [-0.3, -0.25) is 0 Å². The third-order valence-electron chi connectivity index (χ3n) is 2.50. The zero-order valence-corrected chi connectivity index (χ0v) is 9.59. The van der Waals surface area contributed by atoms with Gasteiger partial charge in [0.15, 0.2) is 5.13 Å². The molecule has 0 spiro atoms. The van der Waals surface area contributed by atoms with Crippen molar-refractivity contribution in [1.29, 1.82) is 0 Å². The van der Waals surface area contributed by atoms with Gasteiger partial charge in [0.1, 0.15) is 11.2 Å². The molecule has 0 aliphatic carbocycles. The van der Waals surface area contributed by atoms with Gasteiger partial charge in [0, 0.05) is 11.9 Å². The van der Waals surface area contributed by atoms with Crippen molar-refractivity contribution in [3.8, 4) is 0 Å². The molecule has 1 aliphatic rings. The van der Waals surface area contributed by atoms with Crippen LogP contribution < -0.4 is 4.90 Å². The molecule has 2 rings (SSSR count). The lowest BCUT2D eigenvalue weighted by molar-refractivity contribution is -0.139. The van der Waals surface area contributed by atoms with Gasteiger partial charge in [-0.25, -0.2) is 9.78 Å². The van der Waals surface area contributed by atoms with E-state index in [1.807, 2.05) is 4.90 Å². The topological polar surface area (TPSA) is 53.4 Å².